The second kappa shape index (κ2) is 9.05. The molecule has 0 aliphatic heterocycles. The van der Waals surface area contributed by atoms with E-state index in [-0.39, 0.29) is 17.2 Å². The lowest BCUT2D eigenvalue weighted by Gasteiger charge is -2.20. The van der Waals surface area contributed by atoms with Gasteiger partial charge in [0.25, 0.3) is 0 Å². The van der Waals surface area contributed by atoms with Gasteiger partial charge >= 0.3 is 5.97 Å². The molecule has 1 fully saturated rings. The number of carboxylic acids is 1. The lowest BCUT2D eigenvalue weighted by Crippen LogP contribution is -2.18. The number of aromatic carboxylic acids is 1. The minimum atomic E-state index is -0.868. The summed E-state index contributed by atoms with van der Waals surface area (Å²) in [4.78, 5) is 12.5. The first-order chi connectivity index (χ1) is 12.9. The quantitative estimate of drug-likeness (QED) is 0.608. The van der Waals surface area contributed by atoms with Crippen molar-refractivity contribution in [2.75, 3.05) is 0 Å². The van der Waals surface area contributed by atoms with Crippen LogP contribution in [-0.2, 0) is 6.42 Å². The molecule has 2 aromatic rings. The van der Waals surface area contributed by atoms with Gasteiger partial charge in [0.2, 0.25) is 0 Å². The average Bonchev–Trinajstić information content (AvgIpc) is 3.19. The number of benzene rings is 1. The van der Waals surface area contributed by atoms with Crippen LogP contribution in [0.5, 0.6) is 0 Å². The summed E-state index contributed by atoms with van der Waals surface area (Å²) in [6, 6.07) is 11.9. The topological polar surface area (TPSA) is 57.5 Å². The summed E-state index contributed by atoms with van der Waals surface area (Å²) in [6.45, 7) is 2.07. The van der Waals surface area contributed by atoms with E-state index in [0.29, 0.717) is 11.3 Å². The number of halogens is 1. The van der Waals surface area contributed by atoms with Crippen LogP contribution in [0.3, 0.4) is 0 Å². The number of hydrogen-bond acceptors (Lipinski definition) is 3. The Kier molecular flexibility index (Phi) is 6.74. The van der Waals surface area contributed by atoms with Crippen LogP contribution in [0, 0.1) is 18.8 Å². The van der Waals surface area contributed by atoms with Crippen LogP contribution in [0.2, 0.25) is 0 Å². The van der Waals surface area contributed by atoms with Crippen molar-refractivity contribution in [3.63, 3.8) is 0 Å². The fraction of sp³-hybridized carbons (Fsp3) is 0.409. The summed E-state index contributed by atoms with van der Waals surface area (Å²) in [7, 11) is 0. The van der Waals surface area contributed by atoms with Crippen molar-refractivity contribution in [1.29, 1.82) is 0 Å². The maximum absolute atomic E-state index is 11.0. The molecule has 0 saturated heterocycles. The predicted molar refractivity (Wildman–Crippen MR) is 112 cm³/mol. The summed E-state index contributed by atoms with van der Waals surface area (Å²) in [5, 5.41) is 19.4. The van der Waals surface area contributed by atoms with E-state index in [9.17, 15) is 9.90 Å². The molecule has 1 saturated carbocycles. The van der Waals surface area contributed by atoms with Gasteiger partial charge in [0.15, 0.2) is 0 Å². The van der Waals surface area contributed by atoms with Gasteiger partial charge in [-0.2, -0.15) is 0 Å². The number of alkyl halides is 1. The zero-order valence-corrected chi connectivity index (χ0v) is 16.9. The molecule has 0 unspecified atom stereocenters. The van der Waals surface area contributed by atoms with Crippen molar-refractivity contribution in [3.05, 3.63) is 63.4 Å². The maximum atomic E-state index is 11.0. The highest BCUT2D eigenvalue weighted by atomic mass is 35.5. The first-order valence-electron chi connectivity index (χ1n) is 9.33. The van der Waals surface area contributed by atoms with Gasteiger partial charge in [0.1, 0.15) is 4.88 Å². The first-order valence-corrected chi connectivity index (χ1v) is 10.6. The van der Waals surface area contributed by atoms with E-state index in [1.54, 1.807) is 6.07 Å². The Morgan fingerprint density at radius 1 is 1.33 bits per heavy atom. The van der Waals surface area contributed by atoms with E-state index in [1.165, 1.54) is 16.9 Å². The molecule has 4 atom stereocenters. The van der Waals surface area contributed by atoms with Gasteiger partial charge in [0, 0.05) is 16.2 Å². The molecule has 1 aromatic heterocycles. The molecule has 0 bridgehead atoms. The SMILES string of the molecule is Cc1cccc(/C=C/[C@@H]2[C@@H](CCCc3ccc(C(=O)O)s3)[C@H](Cl)C[C@H]2O)c1. The van der Waals surface area contributed by atoms with Gasteiger partial charge in [-0.3, -0.25) is 0 Å². The molecule has 5 heteroatoms. The fourth-order valence-electron chi connectivity index (χ4n) is 3.87. The number of rotatable bonds is 7. The van der Waals surface area contributed by atoms with Crippen molar-refractivity contribution < 1.29 is 15.0 Å². The molecule has 0 spiro atoms. The normalized spacial score (nSPS) is 25.3. The van der Waals surface area contributed by atoms with E-state index in [0.717, 1.165) is 29.7 Å². The molecule has 3 nitrogen and oxygen atoms in total. The standard InChI is InChI=1S/C22H25ClO3S/c1-14-4-2-5-15(12-14)8-10-18-17(19(23)13-20(18)24)7-3-6-16-9-11-21(27-16)22(25)26/h2,4-5,8-12,17-20,24H,3,6-7,13H2,1H3,(H,25,26)/b10-8+/t17-,18-,19-,20-/m1/s1. The summed E-state index contributed by atoms with van der Waals surface area (Å²) in [6.07, 6.45) is 7.13. The maximum Gasteiger partial charge on any atom is 0.345 e. The van der Waals surface area contributed by atoms with Gasteiger partial charge in [-0.15, -0.1) is 22.9 Å². The Balaban J connectivity index is 1.60. The number of carboxylic acid groups (broad SMARTS) is 1. The van der Waals surface area contributed by atoms with Crippen LogP contribution in [-0.4, -0.2) is 27.7 Å². The first kappa shape index (κ1) is 20.1. The minimum Gasteiger partial charge on any atom is -0.477 e. The molecule has 3 rings (SSSR count). The second-order valence-corrected chi connectivity index (χ2v) is 9.03. The molecule has 1 aliphatic carbocycles. The van der Waals surface area contributed by atoms with Crippen LogP contribution >= 0.6 is 22.9 Å². The molecule has 27 heavy (non-hydrogen) atoms. The molecule has 144 valence electrons. The van der Waals surface area contributed by atoms with E-state index in [1.807, 2.05) is 12.1 Å². The Morgan fingerprint density at radius 3 is 2.85 bits per heavy atom. The third-order valence-corrected chi connectivity index (χ3v) is 6.89. The largest absolute Gasteiger partial charge is 0.477 e. The van der Waals surface area contributed by atoms with Crippen molar-refractivity contribution in [2.45, 2.75) is 44.1 Å². The van der Waals surface area contributed by atoms with Gasteiger partial charge in [-0.1, -0.05) is 42.0 Å². The van der Waals surface area contributed by atoms with Crippen LogP contribution in [0.1, 0.15) is 44.9 Å². The summed E-state index contributed by atoms with van der Waals surface area (Å²) < 4.78 is 0. The highest BCUT2D eigenvalue weighted by molar-refractivity contribution is 7.13. The Morgan fingerprint density at radius 2 is 2.15 bits per heavy atom. The van der Waals surface area contributed by atoms with E-state index in [4.69, 9.17) is 16.7 Å². The molecule has 0 amide bonds. The number of aliphatic hydroxyl groups is 1. The van der Waals surface area contributed by atoms with E-state index in [2.05, 4.69) is 37.3 Å². The second-order valence-electron chi connectivity index (χ2n) is 7.30. The molecular weight excluding hydrogens is 380 g/mol. The number of thiophene rings is 1. The van der Waals surface area contributed by atoms with E-state index >= 15 is 0 Å². The summed E-state index contributed by atoms with van der Waals surface area (Å²) >= 11 is 7.87. The summed E-state index contributed by atoms with van der Waals surface area (Å²) in [5.74, 6) is -0.570. The Labute approximate surface area is 169 Å². The van der Waals surface area contributed by atoms with Crippen molar-refractivity contribution in [3.8, 4) is 0 Å². The van der Waals surface area contributed by atoms with Crippen LogP contribution in [0.15, 0.2) is 42.5 Å². The average molecular weight is 405 g/mol. The van der Waals surface area contributed by atoms with Crippen LogP contribution in [0.25, 0.3) is 6.08 Å². The third-order valence-electron chi connectivity index (χ3n) is 5.26. The van der Waals surface area contributed by atoms with Gasteiger partial charge in [-0.25, -0.2) is 4.79 Å². The molecule has 0 radical (unpaired) electrons. The lowest BCUT2D eigenvalue weighted by atomic mass is 9.89. The van der Waals surface area contributed by atoms with Gasteiger partial charge in [-0.05, 0) is 56.2 Å². The smallest absolute Gasteiger partial charge is 0.345 e. The van der Waals surface area contributed by atoms with Gasteiger partial charge < -0.3 is 10.2 Å². The highest BCUT2D eigenvalue weighted by Crippen LogP contribution is 2.40. The van der Waals surface area contributed by atoms with Crippen LogP contribution in [0.4, 0.5) is 0 Å². The Bertz CT molecular complexity index is 813. The molecular formula is C22H25ClO3S. The number of aliphatic hydroxyl groups excluding tert-OH is 1. The van der Waals surface area contributed by atoms with Crippen molar-refractivity contribution in [1.82, 2.24) is 0 Å². The highest BCUT2D eigenvalue weighted by Gasteiger charge is 2.39. The van der Waals surface area contributed by atoms with E-state index < -0.39 is 12.1 Å². The molecule has 1 aliphatic rings. The zero-order valence-electron chi connectivity index (χ0n) is 15.3. The fourth-order valence-corrected chi connectivity index (χ4v) is 5.23. The number of aryl methyl sites for hydroxylation is 2. The molecule has 2 N–H and O–H groups in total. The molecule has 1 aromatic carbocycles. The van der Waals surface area contributed by atoms with Gasteiger partial charge in [0.05, 0.1) is 6.10 Å². The third kappa shape index (κ3) is 5.22. The van der Waals surface area contributed by atoms with Crippen molar-refractivity contribution in [2.24, 2.45) is 11.8 Å². The van der Waals surface area contributed by atoms with Crippen LogP contribution < -0.4 is 0 Å². The predicted octanol–water partition coefficient (Wildman–Crippen LogP) is 5.40. The van der Waals surface area contributed by atoms with Crippen molar-refractivity contribution >= 4 is 35.0 Å². The summed E-state index contributed by atoms with van der Waals surface area (Å²) in [5.41, 5.74) is 2.35. The lowest BCUT2D eigenvalue weighted by molar-refractivity contribution is 0.0702. The minimum absolute atomic E-state index is 0.0231. The zero-order chi connectivity index (χ0) is 19.4. The Hall–Kier alpha value is -1.62. The number of carbonyl (C=O) groups is 1. The number of hydrogen-bond donors (Lipinski definition) is 2. The monoisotopic (exact) mass is 404 g/mol. The molecule has 1 heterocycles.